The highest BCUT2D eigenvalue weighted by atomic mass is 16.5. The zero-order valence-electron chi connectivity index (χ0n) is 12.8. The second kappa shape index (κ2) is 6.79. The first-order valence-electron chi connectivity index (χ1n) is 7.84. The first kappa shape index (κ1) is 14.9. The van der Waals surface area contributed by atoms with Crippen LogP contribution in [0.3, 0.4) is 0 Å². The van der Waals surface area contributed by atoms with Crippen molar-refractivity contribution in [2.75, 3.05) is 19.8 Å². The number of amides is 1. The average molecular weight is 299 g/mol. The lowest BCUT2D eigenvalue weighted by Crippen LogP contribution is -2.32. The first-order chi connectivity index (χ1) is 10.8. The molecule has 1 saturated heterocycles. The number of nitrogens with one attached hydrogen (secondary N) is 1. The van der Waals surface area contributed by atoms with Crippen LogP contribution in [0, 0.1) is 0 Å². The molecule has 1 aliphatic rings. The third kappa shape index (κ3) is 3.07. The van der Waals surface area contributed by atoms with Crippen LogP contribution in [0.25, 0.3) is 10.8 Å². The zero-order chi connectivity index (χ0) is 15.4. The van der Waals surface area contributed by atoms with Crippen molar-refractivity contribution < 1.29 is 14.3 Å². The van der Waals surface area contributed by atoms with Crippen molar-refractivity contribution in [3.8, 4) is 5.75 Å². The molecule has 0 spiro atoms. The van der Waals surface area contributed by atoms with E-state index in [9.17, 15) is 4.79 Å². The van der Waals surface area contributed by atoms with Crippen LogP contribution in [0.1, 0.15) is 30.1 Å². The summed E-state index contributed by atoms with van der Waals surface area (Å²) in [5.41, 5.74) is 0.609. The Morgan fingerprint density at radius 1 is 1.32 bits per heavy atom. The molecule has 1 heterocycles. The monoisotopic (exact) mass is 299 g/mol. The van der Waals surface area contributed by atoms with Crippen molar-refractivity contribution in [1.29, 1.82) is 0 Å². The number of fused-ring (bicyclic) bond motifs is 1. The summed E-state index contributed by atoms with van der Waals surface area (Å²) in [7, 11) is 0. The molecule has 4 heteroatoms. The summed E-state index contributed by atoms with van der Waals surface area (Å²) in [6, 6.07) is 11.7. The van der Waals surface area contributed by atoms with Gasteiger partial charge in [0, 0.05) is 13.2 Å². The molecule has 1 atom stereocenters. The fourth-order valence-electron chi connectivity index (χ4n) is 2.86. The van der Waals surface area contributed by atoms with Gasteiger partial charge in [0.15, 0.2) is 0 Å². The molecule has 4 nitrogen and oxygen atoms in total. The minimum Gasteiger partial charge on any atom is -0.493 e. The van der Waals surface area contributed by atoms with Crippen LogP contribution in [-0.4, -0.2) is 31.8 Å². The van der Waals surface area contributed by atoms with Gasteiger partial charge in [0.2, 0.25) is 0 Å². The second-order valence-corrected chi connectivity index (χ2v) is 5.44. The van der Waals surface area contributed by atoms with E-state index in [1.54, 1.807) is 0 Å². The van der Waals surface area contributed by atoms with E-state index >= 15 is 0 Å². The van der Waals surface area contributed by atoms with Gasteiger partial charge in [-0.25, -0.2) is 0 Å². The molecule has 2 aromatic rings. The van der Waals surface area contributed by atoms with Gasteiger partial charge in [-0.15, -0.1) is 0 Å². The predicted molar refractivity (Wildman–Crippen MR) is 86.4 cm³/mol. The minimum absolute atomic E-state index is 0.101. The Balaban J connectivity index is 1.88. The lowest BCUT2D eigenvalue weighted by atomic mass is 10.0. The van der Waals surface area contributed by atoms with E-state index in [4.69, 9.17) is 9.47 Å². The molecular formula is C18H21NO3. The van der Waals surface area contributed by atoms with Crippen LogP contribution in [-0.2, 0) is 4.74 Å². The Labute approximate surface area is 130 Å². The summed E-state index contributed by atoms with van der Waals surface area (Å²) >= 11 is 0. The highest BCUT2D eigenvalue weighted by Gasteiger charge is 2.20. The fourth-order valence-corrected chi connectivity index (χ4v) is 2.86. The Morgan fingerprint density at radius 2 is 2.18 bits per heavy atom. The molecule has 0 bridgehead atoms. The van der Waals surface area contributed by atoms with Gasteiger partial charge in [-0.1, -0.05) is 30.3 Å². The van der Waals surface area contributed by atoms with E-state index < -0.39 is 0 Å². The van der Waals surface area contributed by atoms with Crippen LogP contribution in [0.4, 0.5) is 0 Å². The lowest BCUT2D eigenvalue weighted by Gasteiger charge is -2.15. The Hall–Kier alpha value is -2.07. The average Bonchev–Trinajstić information content (AvgIpc) is 3.06. The highest BCUT2D eigenvalue weighted by molar-refractivity contribution is 6.09. The van der Waals surface area contributed by atoms with Crippen molar-refractivity contribution >= 4 is 16.7 Å². The van der Waals surface area contributed by atoms with Gasteiger partial charge in [0.25, 0.3) is 5.91 Å². The molecule has 1 N–H and O–H groups in total. The number of carbonyl (C=O) groups excluding carboxylic acids is 1. The standard InChI is InChI=1S/C18H21NO3/c1-2-21-16-10-9-13-6-3-4-8-15(13)17(16)18(20)19-12-14-7-5-11-22-14/h3-4,6,8-10,14H,2,5,7,11-12H2,1H3,(H,19,20)/t14-/m1/s1. The summed E-state index contributed by atoms with van der Waals surface area (Å²) in [5, 5.41) is 4.94. The maximum absolute atomic E-state index is 12.7. The molecule has 1 fully saturated rings. The normalized spacial score (nSPS) is 17.6. The summed E-state index contributed by atoms with van der Waals surface area (Å²) in [6.45, 7) is 3.79. The molecule has 2 aromatic carbocycles. The van der Waals surface area contributed by atoms with E-state index in [-0.39, 0.29) is 12.0 Å². The van der Waals surface area contributed by atoms with Gasteiger partial charge in [-0.2, -0.15) is 0 Å². The number of ether oxygens (including phenoxy) is 2. The van der Waals surface area contributed by atoms with Gasteiger partial charge in [0.05, 0.1) is 18.3 Å². The molecule has 1 aliphatic heterocycles. The Bertz CT molecular complexity index is 662. The summed E-state index contributed by atoms with van der Waals surface area (Å²) < 4.78 is 11.2. The van der Waals surface area contributed by atoms with Crippen LogP contribution in [0.15, 0.2) is 36.4 Å². The topological polar surface area (TPSA) is 47.6 Å². The summed E-state index contributed by atoms with van der Waals surface area (Å²) in [6.07, 6.45) is 2.21. The van der Waals surface area contributed by atoms with Crippen molar-refractivity contribution in [3.63, 3.8) is 0 Å². The predicted octanol–water partition coefficient (Wildman–Crippen LogP) is 3.15. The lowest BCUT2D eigenvalue weighted by molar-refractivity contribution is 0.0856. The van der Waals surface area contributed by atoms with Crippen molar-refractivity contribution in [3.05, 3.63) is 42.0 Å². The second-order valence-electron chi connectivity index (χ2n) is 5.44. The van der Waals surface area contributed by atoms with E-state index in [2.05, 4.69) is 5.32 Å². The Morgan fingerprint density at radius 3 is 2.95 bits per heavy atom. The summed E-state index contributed by atoms with van der Waals surface area (Å²) in [4.78, 5) is 12.7. The number of hydrogen-bond acceptors (Lipinski definition) is 3. The number of rotatable bonds is 5. The molecule has 0 unspecified atom stereocenters. The molecule has 0 aliphatic carbocycles. The Kier molecular flexibility index (Phi) is 4.59. The molecule has 116 valence electrons. The first-order valence-corrected chi connectivity index (χ1v) is 7.84. The van der Waals surface area contributed by atoms with E-state index in [1.807, 2.05) is 43.3 Å². The van der Waals surface area contributed by atoms with E-state index in [0.29, 0.717) is 24.5 Å². The summed E-state index contributed by atoms with van der Waals surface area (Å²) in [5.74, 6) is 0.529. The maximum Gasteiger partial charge on any atom is 0.255 e. The van der Waals surface area contributed by atoms with Gasteiger partial charge in [-0.3, -0.25) is 4.79 Å². The third-order valence-corrected chi connectivity index (χ3v) is 3.93. The number of hydrogen-bond donors (Lipinski definition) is 1. The minimum atomic E-state index is -0.101. The van der Waals surface area contributed by atoms with Gasteiger partial charge in [0.1, 0.15) is 5.75 Å². The molecule has 0 aromatic heterocycles. The van der Waals surface area contributed by atoms with E-state index in [0.717, 1.165) is 30.2 Å². The third-order valence-electron chi connectivity index (χ3n) is 3.93. The van der Waals surface area contributed by atoms with Crippen LogP contribution in [0.5, 0.6) is 5.75 Å². The number of carbonyl (C=O) groups is 1. The molecule has 3 rings (SSSR count). The quantitative estimate of drug-likeness (QED) is 0.922. The van der Waals surface area contributed by atoms with Gasteiger partial charge in [-0.05, 0) is 36.6 Å². The van der Waals surface area contributed by atoms with Crippen molar-refractivity contribution in [2.24, 2.45) is 0 Å². The van der Waals surface area contributed by atoms with Crippen LogP contribution >= 0.6 is 0 Å². The largest absolute Gasteiger partial charge is 0.493 e. The van der Waals surface area contributed by atoms with Crippen LogP contribution < -0.4 is 10.1 Å². The van der Waals surface area contributed by atoms with Crippen LogP contribution in [0.2, 0.25) is 0 Å². The fraction of sp³-hybridized carbons (Fsp3) is 0.389. The molecule has 22 heavy (non-hydrogen) atoms. The maximum atomic E-state index is 12.7. The van der Waals surface area contributed by atoms with Crippen molar-refractivity contribution in [2.45, 2.75) is 25.9 Å². The van der Waals surface area contributed by atoms with E-state index in [1.165, 1.54) is 0 Å². The molecule has 1 amide bonds. The number of benzene rings is 2. The van der Waals surface area contributed by atoms with Gasteiger partial charge >= 0.3 is 0 Å². The molecule has 0 saturated carbocycles. The highest BCUT2D eigenvalue weighted by Crippen LogP contribution is 2.28. The zero-order valence-corrected chi connectivity index (χ0v) is 12.8. The smallest absolute Gasteiger partial charge is 0.255 e. The van der Waals surface area contributed by atoms with Crippen molar-refractivity contribution in [1.82, 2.24) is 5.32 Å². The molecular weight excluding hydrogens is 278 g/mol. The van der Waals surface area contributed by atoms with Gasteiger partial charge < -0.3 is 14.8 Å². The SMILES string of the molecule is CCOc1ccc2ccccc2c1C(=O)NC[C@H]1CCCO1. The molecule has 0 radical (unpaired) electrons.